The summed E-state index contributed by atoms with van der Waals surface area (Å²) >= 11 is 1.35. The van der Waals surface area contributed by atoms with Crippen LogP contribution in [0.4, 0.5) is 0 Å². The highest BCUT2D eigenvalue weighted by Gasteiger charge is 1.92. The van der Waals surface area contributed by atoms with E-state index in [0.29, 0.717) is 11.7 Å². The highest BCUT2D eigenvalue weighted by molar-refractivity contribution is 8.13. The summed E-state index contributed by atoms with van der Waals surface area (Å²) in [6, 6.07) is 0. The van der Waals surface area contributed by atoms with Crippen LogP contribution in [0.2, 0.25) is 0 Å². The Hall–Kier alpha value is -0.0600. The molecule has 0 aromatic carbocycles. The Morgan fingerprint density at radius 1 is 1.56 bits per heavy atom. The van der Waals surface area contributed by atoms with Crippen molar-refractivity contribution >= 4 is 16.8 Å². The number of hydrogen-bond acceptors (Lipinski definition) is 4. The number of nitrogens with one attached hydrogen (secondary N) is 1. The van der Waals surface area contributed by atoms with Gasteiger partial charge in [0.15, 0.2) is 0 Å². The zero-order valence-electron chi connectivity index (χ0n) is 5.64. The van der Waals surface area contributed by atoms with Gasteiger partial charge in [0.1, 0.15) is 6.61 Å². The smallest absolute Gasteiger partial charge is 0.130 e. The minimum absolute atomic E-state index is 0.259. The molecule has 0 atom stereocenters. The molecule has 0 rings (SSSR count). The molecule has 0 heterocycles. The van der Waals surface area contributed by atoms with Crippen molar-refractivity contribution in [2.45, 2.75) is 6.92 Å². The average Bonchev–Trinajstić information content (AvgIpc) is 1.89. The lowest BCUT2D eigenvalue weighted by molar-refractivity contribution is -0.278. The monoisotopic (exact) mass is 149 g/mol. The number of hydrogen-bond donors (Lipinski definition) is 1. The van der Waals surface area contributed by atoms with Gasteiger partial charge in [-0.05, 0) is 13.2 Å². The lowest BCUT2D eigenvalue weighted by Crippen LogP contribution is -2.03. The Balaban J connectivity index is 2.97. The first-order valence-electron chi connectivity index (χ1n) is 2.67. The largest absolute Gasteiger partial charge is 0.296 e. The van der Waals surface area contributed by atoms with Crippen molar-refractivity contribution in [3.8, 4) is 0 Å². The van der Waals surface area contributed by atoms with Crippen molar-refractivity contribution in [1.29, 1.82) is 5.41 Å². The van der Waals surface area contributed by atoms with E-state index in [4.69, 9.17) is 5.41 Å². The second-order valence-corrected chi connectivity index (χ2v) is 2.20. The lowest BCUT2D eigenvalue weighted by Gasteiger charge is -1.99. The Morgan fingerprint density at radius 2 is 2.22 bits per heavy atom. The molecule has 9 heavy (non-hydrogen) atoms. The summed E-state index contributed by atoms with van der Waals surface area (Å²) < 4.78 is 0. The predicted molar refractivity (Wildman–Crippen MR) is 38.8 cm³/mol. The van der Waals surface area contributed by atoms with Gasteiger partial charge in [-0.3, -0.25) is 5.41 Å². The maximum absolute atomic E-state index is 7.07. The molecule has 3 nitrogen and oxygen atoms in total. The van der Waals surface area contributed by atoms with Crippen LogP contribution in [0.5, 0.6) is 0 Å². The van der Waals surface area contributed by atoms with Crippen LogP contribution in [0.3, 0.4) is 0 Å². The maximum Gasteiger partial charge on any atom is 0.130 e. The van der Waals surface area contributed by atoms with Crippen LogP contribution < -0.4 is 0 Å². The van der Waals surface area contributed by atoms with Gasteiger partial charge in [-0.15, -0.1) is 11.8 Å². The normalized spacial score (nSPS) is 9.56. The molecular weight excluding hydrogens is 138 g/mol. The third-order valence-electron chi connectivity index (χ3n) is 0.638. The highest BCUT2D eigenvalue weighted by Crippen LogP contribution is 1.94. The fraction of sp³-hybridized carbons (Fsp3) is 0.800. The van der Waals surface area contributed by atoms with Crippen molar-refractivity contribution < 1.29 is 9.78 Å². The van der Waals surface area contributed by atoms with Gasteiger partial charge in [0, 0.05) is 0 Å². The van der Waals surface area contributed by atoms with Gasteiger partial charge < -0.3 is 0 Å². The first kappa shape index (κ1) is 8.94. The predicted octanol–water partition coefficient (Wildman–Crippen LogP) is 1.29. The molecule has 0 unspecified atom stereocenters. The van der Waals surface area contributed by atoms with Crippen molar-refractivity contribution in [2.24, 2.45) is 0 Å². The summed E-state index contributed by atoms with van der Waals surface area (Å²) in [5, 5.41) is 7.55. The lowest BCUT2D eigenvalue weighted by atomic mass is 10.8. The molecule has 0 aliphatic heterocycles. The standard InChI is InChI=1S/C5H11NO2S/c1-3-7-8-4-5(6)9-2/h6H,3-4H2,1-2H3. The van der Waals surface area contributed by atoms with E-state index in [1.54, 1.807) is 0 Å². The summed E-state index contributed by atoms with van der Waals surface area (Å²) in [6.45, 7) is 2.62. The van der Waals surface area contributed by atoms with Crippen LogP contribution in [0.25, 0.3) is 0 Å². The SMILES string of the molecule is CCOOCC(=N)SC. The Labute approximate surface area is 59.2 Å². The number of thioether (sulfide) groups is 1. The van der Waals surface area contributed by atoms with Crippen LogP contribution in [0, 0.1) is 5.41 Å². The van der Waals surface area contributed by atoms with E-state index in [1.807, 2.05) is 13.2 Å². The zero-order chi connectivity index (χ0) is 7.11. The molecule has 0 aromatic rings. The molecule has 0 bridgehead atoms. The van der Waals surface area contributed by atoms with Gasteiger partial charge in [0.25, 0.3) is 0 Å². The van der Waals surface area contributed by atoms with Crippen LogP contribution >= 0.6 is 11.8 Å². The third-order valence-corrected chi connectivity index (χ3v) is 1.25. The van der Waals surface area contributed by atoms with E-state index < -0.39 is 0 Å². The second-order valence-electron chi connectivity index (χ2n) is 1.30. The quantitative estimate of drug-likeness (QED) is 0.215. The highest BCUT2D eigenvalue weighted by atomic mass is 32.2. The molecule has 4 heteroatoms. The van der Waals surface area contributed by atoms with E-state index in [1.165, 1.54) is 11.8 Å². The molecule has 0 fully saturated rings. The van der Waals surface area contributed by atoms with Crippen LogP contribution in [-0.4, -0.2) is 24.5 Å². The summed E-state index contributed by atoms with van der Waals surface area (Å²) in [7, 11) is 0. The molecule has 0 aliphatic carbocycles. The molecule has 0 saturated carbocycles. The van der Waals surface area contributed by atoms with Gasteiger partial charge >= 0.3 is 0 Å². The van der Waals surface area contributed by atoms with Crippen molar-refractivity contribution in [3.63, 3.8) is 0 Å². The first-order valence-corrected chi connectivity index (χ1v) is 3.89. The summed E-state index contributed by atoms with van der Waals surface area (Å²) in [6.07, 6.45) is 1.83. The summed E-state index contributed by atoms with van der Waals surface area (Å²) in [4.78, 5) is 9.14. The molecule has 54 valence electrons. The van der Waals surface area contributed by atoms with Gasteiger partial charge in [-0.25, -0.2) is 9.78 Å². The molecule has 0 amide bonds. The van der Waals surface area contributed by atoms with Crippen molar-refractivity contribution in [2.75, 3.05) is 19.5 Å². The molecule has 0 aliphatic rings. The van der Waals surface area contributed by atoms with Crippen molar-refractivity contribution in [1.82, 2.24) is 0 Å². The molecule has 1 N–H and O–H groups in total. The topological polar surface area (TPSA) is 42.3 Å². The first-order chi connectivity index (χ1) is 4.31. The molecule has 0 spiro atoms. The van der Waals surface area contributed by atoms with Crippen LogP contribution in [-0.2, 0) is 9.78 Å². The van der Waals surface area contributed by atoms with Crippen LogP contribution in [0.15, 0.2) is 0 Å². The average molecular weight is 149 g/mol. The van der Waals surface area contributed by atoms with E-state index in [0.717, 1.165) is 0 Å². The molecular formula is C5H11NO2S. The summed E-state index contributed by atoms with van der Waals surface area (Å²) in [5.74, 6) is 0. The fourth-order valence-corrected chi connectivity index (χ4v) is 0.403. The third kappa shape index (κ3) is 5.82. The van der Waals surface area contributed by atoms with Gasteiger partial charge in [0.05, 0.1) is 11.7 Å². The van der Waals surface area contributed by atoms with E-state index in [-0.39, 0.29) is 6.61 Å². The fourth-order valence-electron chi connectivity index (χ4n) is 0.237. The molecule has 0 aromatic heterocycles. The van der Waals surface area contributed by atoms with Gasteiger partial charge in [-0.1, -0.05) is 0 Å². The summed E-state index contributed by atoms with van der Waals surface area (Å²) in [5.41, 5.74) is 0. The number of rotatable bonds is 4. The minimum Gasteiger partial charge on any atom is -0.296 e. The molecule has 0 radical (unpaired) electrons. The Kier molecular flexibility index (Phi) is 6.03. The Bertz CT molecular complexity index is 87.0. The zero-order valence-corrected chi connectivity index (χ0v) is 6.46. The van der Waals surface area contributed by atoms with E-state index in [9.17, 15) is 0 Å². The molecule has 0 saturated heterocycles. The van der Waals surface area contributed by atoms with E-state index in [2.05, 4.69) is 9.78 Å². The Morgan fingerprint density at radius 3 is 2.67 bits per heavy atom. The van der Waals surface area contributed by atoms with Crippen molar-refractivity contribution in [3.05, 3.63) is 0 Å². The van der Waals surface area contributed by atoms with Crippen LogP contribution in [0.1, 0.15) is 6.92 Å². The maximum atomic E-state index is 7.07. The van der Waals surface area contributed by atoms with Gasteiger partial charge in [-0.2, -0.15) is 0 Å². The minimum atomic E-state index is 0.259. The van der Waals surface area contributed by atoms with E-state index >= 15 is 0 Å². The van der Waals surface area contributed by atoms with Gasteiger partial charge in [0.2, 0.25) is 0 Å². The second kappa shape index (κ2) is 6.07.